The lowest BCUT2D eigenvalue weighted by Crippen LogP contribution is -2.05. The van der Waals surface area contributed by atoms with Crippen molar-refractivity contribution in [3.63, 3.8) is 0 Å². The highest BCUT2D eigenvalue weighted by Gasteiger charge is 2.20. The van der Waals surface area contributed by atoms with Gasteiger partial charge in [0.1, 0.15) is 5.78 Å². The largest absolute Gasteiger partial charge is 0.358 e. The van der Waals surface area contributed by atoms with Crippen LogP contribution in [0.4, 0.5) is 0 Å². The fraction of sp³-hybridized carbons (Fsp3) is 0.500. The van der Waals surface area contributed by atoms with E-state index in [1.54, 1.807) is 6.92 Å². The number of aromatic amines is 1. The van der Waals surface area contributed by atoms with Crippen LogP contribution in [0.1, 0.15) is 63.1 Å². The lowest BCUT2D eigenvalue weighted by molar-refractivity contribution is -0.117. The molecule has 1 aromatic heterocycles. The molecule has 0 aliphatic rings. The van der Waals surface area contributed by atoms with E-state index in [0.717, 1.165) is 6.42 Å². The number of hydrogen-bond donors (Lipinski definition) is 1. The Morgan fingerprint density at radius 2 is 2.00 bits per heavy atom. The highest BCUT2D eigenvalue weighted by atomic mass is 16.1. The van der Waals surface area contributed by atoms with Gasteiger partial charge in [-0.15, -0.1) is 0 Å². The molecule has 108 valence electrons. The topological polar surface area (TPSA) is 32.9 Å². The number of para-hydroxylation sites is 1. The molecule has 0 aliphatic heterocycles. The van der Waals surface area contributed by atoms with Crippen LogP contribution in [-0.2, 0) is 4.79 Å². The van der Waals surface area contributed by atoms with E-state index in [4.69, 9.17) is 0 Å². The Morgan fingerprint density at radius 3 is 2.70 bits per heavy atom. The van der Waals surface area contributed by atoms with E-state index < -0.39 is 0 Å². The number of carbonyl (C=O) groups is 1. The van der Waals surface area contributed by atoms with Crippen molar-refractivity contribution in [3.8, 4) is 0 Å². The van der Waals surface area contributed by atoms with Gasteiger partial charge in [0.15, 0.2) is 0 Å². The second-order valence-electron chi connectivity index (χ2n) is 5.81. The first-order valence-corrected chi connectivity index (χ1v) is 7.70. The number of rotatable bonds is 7. The van der Waals surface area contributed by atoms with Crippen LogP contribution < -0.4 is 0 Å². The smallest absolute Gasteiger partial charge is 0.130 e. The van der Waals surface area contributed by atoms with Gasteiger partial charge in [-0.05, 0) is 37.8 Å². The van der Waals surface area contributed by atoms with Crippen LogP contribution in [0, 0.1) is 6.92 Å². The predicted octanol–water partition coefficient (Wildman–Crippen LogP) is 5.12. The number of unbranched alkanes of at least 4 members (excludes halogenated alkanes) is 2. The number of ketones is 1. The third-order valence-corrected chi connectivity index (χ3v) is 4.04. The van der Waals surface area contributed by atoms with Crippen molar-refractivity contribution < 1.29 is 4.79 Å². The Kier molecular flexibility index (Phi) is 4.99. The molecule has 2 aromatic rings. The van der Waals surface area contributed by atoms with Gasteiger partial charge in [-0.2, -0.15) is 0 Å². The summed E-state index contributed by atoms with van der Waals surface area (Å²) in [6.45, 7) is 6.05. The molecular weight excluding hydrogens is 246 g/mol. The summed E-state index contributed by atoms with van der Waals surface area (Å²) >= 11 is 0. The van der Waals surface area contributed by atoms with Gasteiger partial charge in [0.05, 0.1) is 0 Å². The van der Waals surface area contributed by atoms with Gasteiger partial charge in [0.2, 0.25) is 0 Å². The van der Waals surface area contributed by atoms with Crippen LogP contribution in [0.3, 0.4) is 0 Å². The zero-order valence-electron chi connectivity index (χ0n) is 12.8. The van der Waals surface area contributed by atoms with Crippen LogP contribution >= 0.6 is 0 Å². The van der Waals surface area contributed by atoms with Crippen LogP contribution in [0.5, 0.6) is 0 Å². The molecule has 0 radical (unpaired) electrons. The molecule has 1 heterocycles. The molecule has 1 atom stereocenters. The summed E-state index contributed by atoms with van der Waals surface area (Å²) in [7, 11) is 0. The number of fused-ring (bicyclic) bond motifs is 1. The molecule has 0 amide bonds. The first kappa shape index (κ1) is 14.8. The normalized spacial score (nSPS) is 12.8. The van der Waals surface area contributed by atoms with Crippen molar-refractivity contribution in [2.75, 3.05) is 0 Å². The Hall–Kier alpha value is -1.57. The van der Waals surface area contributed by atoms with Crippen LogP contribution in [0.15, 0.2) is 24.3 Å². The van der Waals surface area contributed by atoms with Crippen molar-refractivity contribution >= 4 is 16.7 Å². The Bertz CT molecular complexity index is 582. The molecule has 2 nitrogen and oxygen atoms in total. The van der Waals surface area contributed by atoms with Gasteiger partial charge >= 0.3 is 0 Å². The molecule has 2 heteroatoms. The third-order valence-electron chi connectivity index (χ3n) is 4.04. The van der Waals surface area contributed by atoms with E-state index in [0.29, 0.717) is 12.3 Å². The average molecular weight is 271 g/mol. The van der Waals surface area contributed by atoms with E-state index >= 15 is 0 Å². The van der Waals surface area contributed by atoms with Crippen molar-refractivity contribution in [1.82, 2.24) is 4.98 Å². The number of aromatic nitrogens is 1. The fourth-order valence-electron chi connectivity index (χ4n) is 3.16. The Balaban J connectivity index is 2.34. The predicted molar refractivity (Wildman–Crippen MR) is 85.2 cm³/mol. The number of Topliss-reactive ketones (excluding diaryl/α,β-unsaturated/α-hetero) is 1. The van der Waals surface area contributed by atoms with Gasteiger partial charge in [0.25, 0.3) is 0 Å². The molecule has 0 fully saturated rings. The summed E-state index contributed by atoms with van der Waals surface area (Å²) < 4.78 is 0. The first-order chi connectivity index (χ1) is 9.63. The molecule has 0 saturated heterocycles. The van der Waals surface area contributed by atoms with Gasteiger partial charge in [-0.1, -0.05) is 44.4 Å². The van der Waals surface area contributed by atoms with E-state index in [1.165, 1.54) is 41.4 Å². The molecule has 0 aliphatic carbocycles. The van der Waals surface area contributed by atoms with Gasteiger partial charge in [0, 0.05) is 23.0 Å². The van der Waals surface area contributed by atoms with E-state index in [9.17, 15) is 4.79 Å². The number of benzene rings is 1. The summed E-state index contributed by atoms with van der Waals surface area (Å²) in [6, 6.07) is 8.42. The lowest BCUT2D eigenvalue weighted by atomic mass is 9.87. The van der Waals surface area contributed by atoms with Gasteiger partial charge < -0.3 is 9.78 Å². The molecular formula is C18H25NO. The Labute approximate surface area is 121 Å². The standard InChI is InChI=1S/C18H25NO/c1-4-5-6-9-15(12-13(2)20)18-14(3)19-17-11-8-7-10-16(17)18/h7-8,10-11,15,19H,4-6,9,12H2,1-3H3. The molecule has 20 heavy (non-hydrogen) atoms. The van der Waals surface area contributed by atoms with Crippen molar-refractivity contribution in [1.29, 1.82) is 0 Å². The number of carbonyl (C=O) groups excluding carboxylic acids is 1. The molecule has 1 unspecified atom stereocenters. The molecule has 1 aromatic carbocycles. The van der Waals surface area contributed by atoms with Crippen LogP contribution in [0.25, 0.3) is 10.9 Å². The molecule has 2 rings (SSSR count). The SMILES string of the molecule is CCCCCC(CC(C)=O)c1c(C)[nH]c2ccccc12. The highest BCUT2D eigenvalue weighted by Crippen LogP contribution is 2.34. The van der Waals surface area contributed by atoms with Crippen LogP contribution in [0.2, 0.25) is 0 Å². The quantitative estimate of drug-likeness (QED) is 0.697. The molecule has 0 bridgehead atoms. The minimum atomic E-state index is 0.288. The summed E-state index contributed by atoms with van der Waals surface area (Å²) in [6.07, 6.45) is 5.44. The number of hydrogen-bond acceptors (Lipinski definition) is 1. The zero-order chi connectivity index (χ0) is 14.5. The van der Waals surface area contributed by atoms with E-state index in [2.05, 4.69) is 43.1 Å². The Morgan fingerprint density at radius 1 is 1.25 bits per heavy atom. The maximum atomic E-state index is 11.6. The van der Waals surface area contributed by atoms with Gasteiger partial charge in [-0.25, -0.2) is 0 Å². The number of H-pyrrole nitrogens is 1. The van der Waals surface area contributed by atoms with E-state index in [-0.39, 0.29) is 5.78 Å². The van der Waals surface area contributed by atoms with Crippen molar-refractivity contribution in [3.05, 3.63) is 35.5 Å². The van der Waals surface area contributed by atoms with Crippen molar-refractivity contribution in [2.45, 2.75) is 58.8 Å². The molecule has 0 spiro atoms. The highest BCUT2D eigenvalue weighted by molar-refractivity contribution is 5.86. The summed E-state index contributed by atoms with van der Waals surface area (Å²) in [5.41, 5.74) is 3.75. The monoisotopic (exact) mass is 271 g/mol. The summed E-state index contributed by atoms with van der Waals surface area (Å²) in [4.78, 5) is 15.1. The van der Waals surface area contributed by atoms with E-state index in [1.807, 2.05) is 0 Å². The summed E-state index contributed by atoms with van der Waals surface area (Å²) in [5.74, 6) is 0.645. The molecule has 0 saturated carbocycles. The maximum Gasteiger partial charge on any atom is 0.130 e. The maximum absolute atomic E-state index is 11.6. The fourth-order valence-corrected chi connectivity index (χ4v) is 3.16. The second kappa shape index (κ2) is 6.74. The number of nitrogens with one attached hydrogen (secondary N) is 1. The minimum absolute atomic E-state index is 0.288. The summed E-state index contributed by atoms with van der Waals surface area (Å²) in [5, 5.41) is 1.28. The third kappa shape index (κ3) is 3.30. The minimum Gasteiger partial charge on any atom is -0.358 e. The number of aryl methyl sites for hydroxylation is 1. The zero-order valence-corrected chi connectivity index (χ0v) is 12.8. The van der Waals surface area contributed by atoms with Crippen LogP contribution in [-0.4, -0.2) is 10.8 Å². The van der Waals surface area contributed by atoms with Gasteiger partial charge in [-0.3, -0.25) is 0 Å². The average Bonchev–Trinajstić information content (AvgIpc) is 2.73. The first-order valence-electron chi connectivity index (χ1n) is 7.70. The second-order valence-corrected chi connectivity index (χ2v) is 5.81. The lowest BCUT2D eigenvalue weighted by Gasteiger charge is -2.16. The molecule has 1 N–H and O–H groups in total. The van der Waals surface area contributed by atoms with Crippen molar-refractivity contribution in [2.24, 2.45) is 0 Å².